The van der Waals surface area contributed by atoms with Crippen LogP contribution in [0.25, 0.3) is 11.0 Å². The molecule has 1 fully saturated rings. The average Bonchev–Trinajstić information content (AvgIpc) is 3.08. The van der Waals surface area contributed by atoms with E-state index >= 15 is 0 Å². The summed E-state index contributed by atoms with van der Waals surface area (Å²) in [6.07, 6.45) is 9.42. The first-order valence-electron chi connectivity index (χ1n) is 7.86. The Bertz CT molecular complexity index is 753. The second-order valence-electron chi connectivity index (χ2n) is 5.79. The van der Waals surface area contributed by atoms with Crippen LogP contribution in [-0.2, 0) is 6.54 Å². The van der Waals surface area contributed by atoms with Gasteiger partial charge in [0.1, 0.15) is 5.82 Å². The molecule has 1 aromatic carbocycles. The Morgan fingerprint density at radius 1 is 1.09 bits per heavy atom. The lowest BCUT2D eigenvalue weighted by atomic mass is 10.0. The zero-order valence-corrected chi connectivity index (χ0v) is 12.5. The van der Waals surface area contributed by atoms with Crippen molar-refractivity contribution in [2.24, 2.45) is 0 Å². The number of rotatable bonds is 3. The number of nitrogens with zero attached hydrogens (tertiary/aromatic N) is 5. The predicted molar refractivity (Wildman–Crippen MR) is 86.8 cm³/mol. The molecule has 5 nitrogen and oxygen atoms in total. The van der Waals surface area contributed by atoms with Gasteiger partial charge in [-0.3, -0.25) is 9.67 Å². The maximum absolute atomic E-state index is 4.81. The van der Waals surface area contributed by atoms with Crippen LogP contribution in [0.3, 0.4) is 0 Å². The number of fused-ring (bicyclic) bond motifs is 1. The average molecular weight is 293 g/mol. The standard InChI is InChI=1S/C17H19N5/c1-2-8-16-15(7-1)18-12-17(20-16)22-11-4-3-6-14(22)13-21-10-5-9-19-21/h1-2,5,7-10,12,14H,3-4,6,11,13H2/t14-/m1/s1. The van der Waals surface area contributed by atoms with Crippen molar-refractivity contribution in [3.05, 3.63) is 48.9 Å². The number of para-hydroxylation sites is 2. The molecule has 0 bridgehead atoms. The van der Waals surface area contributed by atoms with E-state index in [0.29, 0.717) is 6.04 Å². The van der Waals surface area contributed by atoms with Crippen molar-refractivity contribution < 1.29 is 0 Å². The summed E-state index contributed by atoms with van der Waals surface area (Å²) >= 11 is 0. The van der Waals surface area contributed by atoms with Crippen LogP contribution < -0.4 is 4.90 Å². The topological polar surface area (TPSA) is 46.8 Å². The normalized spacial score (nSPS) is 18.7. The molecule has 0 aliphatic carbocycles. The molecule has 4 rings (SSSR count). The van der Waals surface area contributed by atoms with Crippen LogP contribution in [0.2, 0.25) is 0 Å². The first-order valence-corrected chi connectivity index (χ1v) is 7.86. The van der Waals surface area contributed by atoms with Gasteiger partial charge in [-0.25, -0.2) is 4.98 Å². The Labute approximate surface area is 129 Å². The molecular formula is C17H19N5. The van der Waals surface area contributed by atoms with E-state index in [-0.39, 0.29) is 0 Å². The summed E-state index contributed by atoms with van der Waals surface area (Å²) in [5.74, 6) is 0.982. The highest BCUT2D eigenvalue weighted by Gasteiger charge is 2.24. The summed E-state index contributed by atoms with van der Waals surface area (Å²) in [6.45, 7) is 1.94. The van der Waals surface area contributed by atoms with Crippen molar-refractivity contribution >= 4 is 16.9 Å². The first kappa shape index (κ1) is 13.2. The van der Waals surface area contributed by atoms with Gasteiger partial charge in [-0.15, -0.1) is 0 Å². The third-order valence-electron chi connectivity index (χ3n) is 4.31. The van der Waals surface area contributed by atoms with Crippen LogP contribution in [0, 0.1) is 0 Å². The summed E-state index contributed by atoms with van der Waals surface area (Å²) in [6, 6.07) is 10.4. The lowest BCUT2D eigenvalue weighted by Crippen LogP contribution is -2.42. The van der Waals surface area contributed by atoms with Gasteiger partial charge in [-0.2, -0.15) is 5.10 Å². The van der Waals surface area contributed by atoms with Crippen LogP contribution in [0.15, 0.2) is 48.9 Å². The third kappa shape index (κ3) is 2.54. The number of anilines is 1. The van der Waals surface area contributed by atoms with E-state index in [9.17, 15) is 0 Å². The molecule has 0 amide bonds. The summed E-state index contributed by atoms with van der Waals surface area (Å²) in [5.41, 5.74) is 1.91. The van der Waals surface area contributed by atoms with Gasteiger partial charge in [0.05, 0.1) is 29.8 Å². The van der Waals surface area contributed by atoms with Crippen LogP contribution >= 0.6 is 0 Å². The zero-order chi connectivity index (χ0) is 14.8. The Morgan fingerprint density at radius 2 is 2.00 bits per heavy atom. The highest BCUT2D eigenvalue weighted by Crippen LogP contribution is 2.25. The van der Waals surface area contributed by atoms with Crippen LogP contribution in [0.1, 0.15) is 19.3 Å². The molecule has 3 aromatic rings. The van der Waals surface area contributed by atoms with Gasteiger partial charge in [-0.1, -0.05) is 12.1 Å². The number of aromatic nitrogens is 4. The largest absolute Gasteiger partial charge is 0.350 e. The van der Waals surface area contributed by atoms with E-state index in [0.717, 1.165) is 29.9 Å². The SMILES string of the molecule is c1ccc2nc(N3CCCC[C@@H]3Cn3cccn3)cnc2c1. The maximum Gasteiger partial charge on any atom is 0.148 e. The van der Waals surface area contributed by atoms with Crippen molar-refractivity contribution in [3.63, 3.8) is 0 Å². The summed E-state index contributed by atoms with van der Waals surface area (Å²) < 4.78 is 2.01. The minimum Gasteiger partial charge on any atom is -0.350 e. The minimum atomic E-state index is 0.434. The third-order valence-corrected chi connectivity index (χ3v) is 4.31. The Morgan fingerprint density at radius 3 is 2.86 bits per heavy atom. The molecule has 0 radical (unpaired) electrons. The molecule has 1 aliphatic heterocycles. The van der Waals surface area contributed by atoms with Gasteiger partial charge in [0.25, 0.3) is 0 Å². The van der Waals surface area contributed by atoms with Crippen LogP contribution in [-0.4, -0.2) is 32.3 Å². The summed E-state index contributed by atoms with van der Waals surface area (Å²) in [5, 5.41) is 4.34. The first-order chi connectivity index (χ1) is 10.9. The molecule has 0 N–H and O–H groups in total. The molecule has 3 heterocycles. The van der Waals surface area contributed by atoms with E-state index in [1.165, 1.54) is 19.3 Å². The monoisotopic (exact) mass is 293 g/mol. The van der Waals surface area contributed by atoms with Gasteiger partial charge in [0.15, 0.2) is 0 Å². The van der Waals surface area contributed by atoms with Gasteiger partial charge < -0.3 is 4.90 Å². The Kier molecular flexibility index (Phi) is 3.46. The molecule has 5 heteroatoms. The van der Waals surface area contributed by atoms with Crippen LogP contribution in [0.4, 0.5) is 5.82 Å². The molecule has 2 aromatic heterocycles. The quantitative estimate of drug-likeness (QED) is 0.745. The summed E-state index contributed by atoms with van der Waals surface area (Å²) in [7, 11) is 0. The van der Waals surface area contributed by atoms with E-state index in [1.807, 2.05) is 53.6 Å². The Hall–Kier alpha value is -2.43. The van der Waals surface area contributed by atoms with Crippen molar-refractivity contribution in [2.75, 3.05) is 11.4 Å². The fraction of sp³-hybridized carbons (Fsp3) is 0.353. The van der Waals surface area contributed by atoms with Crippen LogP contribution in [0.5, 0.6) is 0 Å². The second-order valence-corrected chi connectivity index (χ2v) is 5.79. The maximum atomic E-state index is 4.81. The molecule has 1 saturated heterocycles. The molecule has 0 unspecified atom stereocenters. The molecule has 1 aliphatic rings. The number of piperidine rings is 1. The highest BCUT2D eigenvalue weighted by molar-refractivity contribution is 5.75. The lowest BCUT2D eigenvalue weighted by molar-refractivity contribution is 0.396. The van der Waals surface area contributed by atoms with E-state index in [4.69, 9.17) is 4.98 Å². The highest BCUT2D eigenvalue weighted by atomic mass is 15.3. The summed E-state index contributed by atoms with van der Waals surface area (Å²) in [4.78, 5) is 11.8. The molecular weight excluding hydrogens is 274 g/mol. The molecule has 0 saturated carbocycles. The number of hydrogen-bond donors (Lipinski definition) is 0. The molecule has 0 spiro atoms. The van der Waals surface area contributed by atoms with Crippen molar-refractivity contribution in [1.29, 1.82) is 0 Å². The van der Waals surface area contributed by atoms with E-state index in [2.05, 4.69) is 15.0 Å². The number of hydrogen-bond acceptors (Lipinski definition) is 4. The van der Waals surface area contributed by atoms with Crippen molar-refractivity contribution in [2.45, 2.75) is 31.8 Å². The predicted octanol–water partition coefficient (Wildman–Crippen LogP) is 2.89. The van der Waals surface area contributed by atoms with Gasteiger partial charge in [0, 0.05) is 18.9 Å². The van der Waals surface area contributed by atoms with Crippen molar-refractivity contribution in [3.8, 4) is 0 Å². The smallest absolute Gasteiger partial charge is 0.148 e. The second kappa shape index (κ2) is 5.75. The fourth-order valence-corrected chi connectivity index (χ4v) is 3.20. The molecule has 1 atom stereocenters. The van der Waals surface area contributed by atoms with Gasteiger partial charge in [0.2, 0.25) is 0 Å². The Balaban J connectivity index is 1.64. The minimum absolute atomic E-state index is 0.434. The molecule has 112 valence electrons. The number of benzene rings is 1. The fourth-order valence-electron chi connectivity index (χ4n) is 3.20. The van der Waals surface area contributed by atoms with E-state index < -0.39 is 0 Å². The van der Waals surface area contributed by atoms with Gasteiger partial charge >= 0.3 is 0 Å². The molecule has 22 heavy (non-hydrogen) atoms. The van der Waals surface area contributed by atoms with Gasteiger partial charge in [-0.05, 0) is 37.5 Å². The zero-order valence-electron chi connectivity index (χ0n) is 12.5. The van der Waals surface area contributed by atoms with Crippen molar-refractivity contribution in [1.82, 2.24) is 19.7 Å². The lowest BCUT2D eigenvalue weighted by Gasteiger charge is -2.36. The van der Waals surface area contributed by atoms with E-state index in [1.54, 1.807) is 0 Å².